The lowest BCUT2D eigenvalue weighted by Crippen LogP contribution is -2.40. The first-order chi connectivity index (χ1) is 4.43. The van der Waals surface area contributed by atoms with E-state index in [2.05, 4.69) is 12.2 Å². The summed E-state index contributed by atoms with van der Waals surface area (Å²) in [6.07, 6.45) is 2.65. The lowest BCUT2D eigenvalue weighted by atomic mass is 10.3. The van der Waals surface area contributed by atoms with Crippen LogP contribution in [0.4, 0.5) is 0 Å². The average molecular weight is 145 g/mol. The standard InChI is InChI=1S/C7H15NS/c1-2-3-4-8-7-5-9-6-7/h7-8H,2-6H2,1H3. The van der Waals surface area contributed by atoms with Crippen molar-refractivity contribution in [1.82, 2.24) is 5.32 Å². The van der Waals surface area contributed by atoms with Crippen molar-refractivity contribution >= 4 is 11.8 Å². The molecule has 1 saturated heterocycles. The number of rotatable bonds is 4. The molecule has 1 fully saturated rings. The quantitative estimate of drug-likeness (QED) is 0.602. The third-order valence-corrected chi connectivity index (χ3v) is 2.88. The maximum atomic E-state index is 3.50. The van der Waals surface area contributed by atoms with Crippen LogP contribution >= 0.6 is 11.8 Å². The van der Waals surface area contributed by atoms with Gasteiger partial charge in [-0.25, -0.2) is 0 Å². The largest absolute Gasteiger partial charge is 0.312 e. The third kappa shape index (κ3) is 2.59. The van der Waals surface area contributed by atoms with Crippen LogP contribution in [0.2, 0.25) is 0 Å². The van der Waals surface area contributed by atoms with Crippen molar-refractivity contribution in [3.8, 4) is 0 Å². The molecule has 0 aromatic rings. The minimum absolute atomic E-state index is 0.849. The van der Waals surface area contributed by atoms with Crippen LogP contribution < -0.4 is 5.32 Å². The molecule has 0 bridgehead atoms. The Morgan fingerprint density at radius 3 is 2.78 bits per heavy atom. The van der Waals surface area contributed by atoms with Crippen LogP contribution in [-0.4, -0.2) is 24.1 Å². The molecule has 9 heavy (non-hydrogen) atoms. The minimum Gasteiger partial charge on any atom is -0.312 e. The first-order valence-corrected chi connectivity index (χ1v) is 4.90. The van der Waals surface area contributed by atoms with Gasteiger partial charge in [-0.3, -0.25) is 0 Å². The predicted octanol–water partition coefficient (Wildman–Crippen LogP) is 1.49. The molecule has 0 saturated carbocycles. The third-order valence-electron chi connectivity index (χ3n) is 1.60. The highest BCUT2D eigenvalue weighted by atomic mass is 32.2. The molecule has 0 aliphatic carbocycles. The molecule has 1 aliphatic rings. The van der Waals surface area contributed by atoms with Crippen LogP contribution in [0.15, 0.2) is 0 Å². The molecule has 0 aromatic heterocycles. The highest BCUT2D eigenvalue weighted by Crippen LogP contribution is 2.16. The smallest absolute Gasteiger partial charge is 0.0248 e. The summed E-state index contributed by atoms with van der Waals surface area (Å²) in [5.74, 6) is 2.67. The molecule has 1 aliphatic heterocycles. The summed E-state index contributed by atoms with van der Waals surface area (Å²) < 4.78 is 0. The van der Waals surface area contributed by atoms with E-state index < -0.39 is 0 Å². The van der Waals surface area contributed by atoms with E-state index in [4.69, 9.17) is 0 Å². The molecular formula is C7H15NS. The lowest BCUT2D eigenvalue weighted by molar-refractivity contribution is 0.562. The highest BCUT2D eigenvalue weighted by molar-refractivity contribution is 8.00. The molecule has 1 heterocycles. The van der Waals surface area contributed by atoms with E-state index in [9.17, 15) is 0 Å². The second-order valence-corrected chi connectivity index (χ2v) is 3.62. The minimum atomic E-state index is 0.849. The van der Waals surface area contributed by atoms with E-state index in [1.807, 2.05) is 11.8 Å². The van der Waals surface area contributed by atoms with E-state index >= 15 is 0 Å². The average Bonchev–Trinajstić information content (AvgIpc) is 1.76. The number of hydrogen-bond donors (Lipinski definition) is 1. The first kappa shape index (κ1) is 7.42. The van der Waals surface area contributed by atoms with Crippen LogP contribution in [0.3, 0.4) is 0 Å². The molecule has 0 unspecified atom stereocenters. The van der Waals surface area contributed by atoms with Gasteiger partial charge in [-0.2, -0.15) is 11.8 Å². The zero-order valence-corrected chi connectivity index (χ0v) is 6.84. The van der Waals surface area contributed by atoms with Gasteiger partial charge in [-0.15, -0.1) is 0 Å². The highest BCUT2D eigenvalue weighted by Gasteiger charge is 2.15. The molecule has 0 amide bonds. The van der Waals surface area contributed by atoms with Crippen molar-refractivity contribution in [3.05, 3.63) is 0 Å². The van der Waals surface area contributed by atoms with E-state index in [1.54, 1.807) is 0 Å². The molecule has 0 radical (unpaired) electrons. The summed E-state index contributed by atoms with van der Waals surface area (Å²) in [6.45, 7) is 3.46. The maximum absolute atomic E-state index is 3.50. The fourth-order valence-corrected chi connectivity index (χ4v) is 1.54. The Kier molecular flexibility index (Phi) is 3.44. The van der Waals surface area contributed by atoms with Gasteiger partial charge in [-0.1, -0.05) is 13.3 Å². The van der Waals surface area contributed by atoms with Gasteiger partial charge < -0.3 is 5.32 Å². The van der Waals surface area contributed by atoms with Crippen LogP contribution in [0.5, 0.6) is 0 Å². The number of thioether (sulfide) groups is 1. The Bertz CT molecular complexity index is 71.3. The van der Waals surface area contributed by atoms with Gasteiger partial charge >= 0.3 is 0 Å². The van der Waals surface area contributed by atoms with Gasteiger partial charge in [0.1, 0.15) is 0 Å². The van der Waals surface area contributed by atoms with Gasteiger partial charge in [0.25, 0.3) is 0 Å². The fourth-order valence-electron chi connectivity index (χ4n) is 0.837. The second kappa shape index (κ2) is 4.18. The molecule has 2 heteroatoms. The van der Waals surface area contributed by atoms with Crippen molar-refractivity contribution < 1.29 is 0 Å². The van der Waals surface area contributed by atoms with Crippen molar-refractivity contribution in [3.63, 3.8) is 0 Å². The SMILES string of the molecule is CCCCNC1CSC1. The van der Waals surface area contributed by atoms with Crippen LogP contribution in [0.25, 0.3) is 0 Å². The van der Waals surface area contributed by atoms with Crippen LogP contribution in [0.1, 0.15) is 19.8 Å². The zero-order valence-electron chi connectivity index (χ0n) is 6.02. The van der Waals surface area contributed by atoms with Crippen LogP contribution in [-0.2, 0) is 0 Å². The molecule has 54 valence electrons. The second-order valence-electron chi connectivity index (χ2n) is 2.54. The van der Waals surface area contributed by atoms with Crippen LogP contribution in [0, 0.1) is 0 Å². The Labute approximate surface area is 61.6 Å². The van der Waals surface area contributed by atoms with Gasteiger partial charge in [-0.05, 0) is 13.0 Å². The number of nitrogens with one attached hydrogen (secondary N) is 1. The Morgan fingerprint density at radius 2 is 2.33 bits per heavy atom. The molecule has 0 aromatic carbocycles. The van der Waals surface area contributed by atoms with Crippen molar-refractivity contribution in [2.45, 2.75) is 25.8 Å². The van der Waals surface area contributed by atoms with Crippen molar-refractivity contribution in [1.29, 1.82) is 0 Å². The predicted molar refractivity (Wildman–Crippen MR) is 44.0 cm³/mol. The Balaban J connectivity index is 1.80. The van der Waals surface area contributed by atoms with Gasteiger partial charge in [0.2, 0.25) is 0 Å². The topological polar surface area (TPSA) is 12.0 Å². The summed E-state index contributed by atoms with van der Waals surface area (Å²) in [6, 6.07) is 0.849. The monoisotopic (exact) mass is 145 g/mol. The van der Waals surface area contributed by atoms with Gasteiger partial charge in [0.05, 0.1) is 0 Å². The lowest BCUT2D eigenvalue weighted by Gasteiger charge is -2.25. The van der Waals surface area contributed by atoms with Gasteiger partial charge in [0, 0.05) is 17.5 Å². The normalized spacial score (nSPS) is 19.7. The van der Waals surface area contributed by atoms with E-state index in [0.29, 0.717) is 0 Å². The Morgan fingerprint density at radius 1 is 1.56 bits per heavy atom. The summed E-state index contributed by atoms with van der Waals surface area (Å²) in [5.41, 5.74) is 0. The molecule has 1 nitrogen and oxygen atoms in total. The molecule has 0 atom stereocenters. The van der Waals surface area contributed by atoms with Crippen molar-refractivity contribution in [2.24, 2.45) is 0 Å². The van der Waals surface area contributed by atoms with Crippen molar-refractivity contribution in [2.75, 3.05) is 18.1 Å². The zero-order chi connectivity index (χ0) is 6.53. The first-order valence-electron chi connectivity index (χ1n) is 3.74. The molecule has 0 spiro atoms. The number of hydrogen-bond acceptors (Lipinski definition) is 2. The molecule has 1 rings (SSSR count). The molecule has 1 N–H and O–H groups in total. The summed E-state index contributed by atoms with van der Waals surface area (Å²) in [4.78, 5) is 0. The van der Waals surface area contributed by atoms with E-state index in [1.165, 1.54) is 30.9 Å². The number of unbranched alkanes of at least 4 members (excludes halogenated alkanes) is 1. The summed E-state index contributed by atoms with van der Waals surface area (Å²) in [7, 11) is 0. The van der Waals surface area contributed by atoms with E-state index in [0.717, 1.165) is 6.04 Å². The fraction of sp³-hybridized carbons (Fsp3) is 1.00. The summed E-state index contributed by atoms with van der Waals surface area (Å²) in [5, 5.41) is 3.50. The maximum Gasteiger partial charge on any atom is 0.0248 e. The molecular weight excluding hydrogens is 130 g/mol. The Hall–Kier alpha value is 0.310. The summed E-state index contributed by atoms with van der Waals surface area (Å²) >= 11 is 2.04. The van der Waals surface area contributed by atoms with E-state index in [-0.39, 0.29) is 0 Å². The van der Waals surface area contributed by atoms with Gasteiger partial charge in [0.15, 0.2) is 0 Å².